The highest BCUT2D eigenvalue weighted by Crippen LogP contribution is 2.62. The van der Waals surface area contributed by atoms with Crippen molar-refractivity contribution in [1.29, 1.82) is 0 Å². The fraction of sp³-hybridized carbons (Fsp3) is 0.700. The average molecular weight is 300 g/mol. The number of aromatic hydroxyl groups is 1. The van der Waals surface area contributed by atoms with E-state index >= 15 is 0 Å². The summed E-state index contributed by atoms with van der Waals surface area (Å²) in [4.78, 5) is 0. The van der Waals surface area contributed by atoms with Gasteiger partial charge in [-0.15, -0.1) is 0 Å². The van der Waals surface area contributed by atoms with Gasteiger partial charge in [0.25, 0.3) is 0 Å². The number of phenols is 1. The molecule has 0 aromatic heterocycles. The first kappa shape index (κ1) is 14.6. The molecule has 0 saturated heterocycles. The molecule has 0 spiro atoms. The SMILES string of the molecule is CCC[C@]12CC[C@@H]3c4ccc(O)cc4CC[C@H]3[C@@H]1C[C@@H](O)C2. The van der Waals surface area contributed by atoms with Gasteiger partial charge in [-0.25, -0.2) is 0 Å². The predicted octanol–water partition coefficient (Wildman–Crippen LogP) is 4.39. The third-order valence-corrected chi connectivity index (χ3v) is 6.96. The second kappa shape index (κ2) is 5.26. The standard InChI is InChI=1S/C20H28O2/c1-2-8-20-9-7-17-16-6-4-14(21)10-13(16)3-5-18(17)19(20)11-15(22)12-20/h4,6,10,15,17-19,21-22H,2-3,5,7-9,11-12H2,1H3/t15-,17-,18-,19+,20-/m1/s1. The van der Waals surface area contributed by atoms with Gasteiger partial charge < -0.3 is 10.2 Å². The maximum Gasteiger partial charge on any atom is 0.115 e. The molecule has 120 valence electrons. The van der Waals surface area contributed by atoms with Gasteiger partial charge in [0.05, 0.1) is 6.10 Å². The first-order valence-corrected chi connectivity index (χ1v) is 9.13. The van der Waals surface area contributed by atoms with E-state index in [1.807, 2.05) is 12.1 Å². The Kier molecular flexibility index (Phi) is 3.48. The normalized spacial score (nSPS) is 39.9. The molecular weight excluding hydrogens is 272 g/mol. The Hall–Kier alpha value is -1.02. The Morgan fingerprint density at radius 1 is 1.27 bits per heavy atom. The lowest BCUT2D eigenvalue weighted by molar-refractivity contribution is 0.0355. The van der Waals surface area contributed by atoms with Crippen molar-refractivity contribution in [2.75, 3.05) is 0 Å². The van der Waals surface area contributed by atoms with Crippen LogP contribution in [0.3, 0.4) is 0 Å². The average Bonchev–Trinajstić information content (AvgIpc) is 2.83. The Morgan fingerprint density at radius 3 is 2.95 bits per heavy atom. The van der Waals surface area contributed by atoms with Gasteiger partial charge in [-0.3, -0.25) is 0 Å². The molecule has 0 aliphatic heterocycles. The van der Waals surface area contributed by atoms with E-state index in [4.69, 9.17) is 0 Å². The van der Waals surface area contributed by atoms with Crippen molar-refractivity contribution in [1.82, 2.24) is 0 Å². The van der Waals surface area contributed by atoms with Crippen LogP contribution in [0.4, 0.5) is 0 Å². The van der Waals surface area contributed by atoms with Crippen LogP contribution in [0.1, 0.15) is 68.9 Å². The van der Waals surface area contributed by atoms with Crippen molar-refractivity contribution in [3.63, 3.8) is 0 Å². The summed E-state index contributed by atoms with van der Waals surface area (Å²) in [6, 6.07) is 6.00. The number of aliphatic hydroxyl groups excluding tert-OH is 1. The summed E-state index contributed by atoms with van der Waals surface area (Å²) < 4.78 is 0. The number of rotatable bonds is 2. The molecule has 1 aromatic rings. The van der Waals surface area contributed by atoms with Crippen molar-refractivity contribution >= 4 is 0 Å². The molecular formula is C20H28O2. The zero-order chi connectivity index (χ0) is 15.3. The Balaban J connectivity index is 1.68. The monoisotopic (exact) mass is 300 g/mol. The third-order valence-electron chi connectivity index (χ3n) is 6.96. The summed E-state index contributed by atoms with van der Waals surface area (Å²) in [5.74, 6) is 2.52. The zero-order valence-electron chi connectivity index (χ0n) is 13.6. The topological polar surface area (TPSA) is 40.5 Å². The number of hydrogen-bond acceptors (Lipinski definition) is 2. The van der Waals surface area contributed by atoms with Gasteiger partial charge in [-0.1, -0.05) is 19.4 Å². The van der Waals surface area contributed by atoms with Crippen LogP contribution in [0.25, 0.3) is 0 Å². The van der Waals surface area contributed by atoms with Crippen LogP contribution in [0.15, 0.2) is 18.2 Å². The van der Waals surface area contributed by atoms with Crippen LogP contribution < -0.4 is 0 Å². The van der Waals surface area contributed by atoms with Crippen molar-refractivity contribution < 1.29 is 10.2 Å². The van der Waals surface area contributed by atoms with Gasteiger partial charge in [0.2, 0.25) is 0 Å². The first-order valence-electron chi connectivity index (χ1n) is 9.13. The summed E-state index contributed by atoms with van der Waals surface area (Å²) in [6.07, 6.45) is 9.41. The lowest BCUT2D eigenvalue weighted by atomic mass is 9.54. The van der Waals surface area contributed by atoms with Gasteiger partial charge in [-0.2, -0.15) is 0 Å². The number of aryl methyl sites for hydroxylation is 1. The van der Waals surface area contributed by atoms with E-state index in [9.17, 15) is 10.2 Å². The maximum absolute atomic E-state index is 10.3. The second-order valence-electron chi connectivity index (χ2n) is 8.04. The van der Waals surface area contributed by atoms with Crippen molar-refractivity contribution in [3.05, 3.63) is 29.3 Å². The number of benzene rings is 1. The number of fused-ring (bicyclic) bond motifs is 5. The minimum absolute atomic E-state index is 0.0727. The highest BCUT2D eigenvalue weighted by atomic mass is 16.3. The van der Waals surface area contributed by atoms with Gasteiger partial charge in [0.15, 0.2) is 0 Å². The van der Waals surface area contributed by atoms with E-state index in [0.717, 1.165) is 25.2 Å². The molecule has 1 aromatic carbocycles. The molecule has 2 heteroatoms. The minimum atomic E-state index is -0.0727. The molecule has 3 aliphatic rings. The zero-order valence-corrected chi connectivity index (χ0v) is 13.6. The number of hydrogen-bond donors (Lipinski definition) is 2. The fourth-order valence-electron chi connectivity index (χ4n) is 6.29. The van der Waals surface area contributed by atoms with Crippen molar-refractivity contribution in [2.24, 2.45) is 17.3 Å². The highest BCUT2D eigenvalue weighted by molar-refractivity contribution is 5.40. The summed E-state index contributed by atoms with van der Waals surface area (Å²) in [5, 5.41) is 20.1. The van der Waals surface area contributed by atoms with Crippen LogP contribution in [0.5, 0.6) is 5.75 Å². The van der Waals surface area contributed by atoms with Crippen LogP contribution >= 0.6 is 0 Å². The van der Waals surface area contributed by atoms with E-state index in [-0.39, 0.29) is 6.10 Å². The number of aliphatic hydroxyl groups is 1. The van der Waals surface area contributed by atoms with Crippen LogP contribution in [-0.4, -0.2) is 16.3 Å². The van der Waals surface area contributed by atoms with Gasteiger partial charge >= 0.3 is 0 Å². The predicted molar refractivity (Wildman–Crippen MR) is 88.0 cm³/mol. The van der Waals surface area contributed by atoms with Crippen molar-refractivity contribution in [3.8, 4) is 5.75 Å². The molecule has 4 rings (SSSR count). The van der Waals surface area contributed by atoms with Crippen molar-refractivity contribution in [2.45, 2.75) is 70.3 Å². The largest absolute Gasteiger partial charge is 0.508 e. The van der Waals surface area contributed by atoms with Crippen LogP contribution in [-0.2, 0) is 6.42 Å². The second-order valence-corrected chi connectivity index (χ2v) is 8.04. The number of phenolic OH excluding ortho intramolecular Hbond substituents is 1. The molecule has 3 aliphatic carbocycles. The molecule has 2 saturated carbocycles. The molecule has 2 nitrogen and oxygen atoms in total. The van der Waals surface area contributed by atoms with E-state index in [1.54, 1.807) is 0 Å². The van der Waals surface area contributed by atoms with Gasteiger partial charge in [0.1, 0.15) is 5.75 Å². The Bertz CT molecular complexity index is 567. The summed E-state index contributed by atoms with van der Waals surface area (Å²) in [6.45, 7) is 2.29. The summed E-state index contributed by atoms with van der Waals surface area (Å²) >= 11 is 0. The molecule has 2 fully saturated rings. The minimum Gasteiger partial charge on any atom is -0.508 e. The maximum atomic E-state index is 10.3. The summed E-state index contributed by atoms with van der Waals surface area (Å²) in [7, 11) is 0. The van der Waals surface area contributed by atoms with Gasteiger partial charge in [0, 0.05) is 0 Å². The highest BCUT2D eigenvalue weighted by Gasteiger charge is 2.54. The molecule has 2 N–H and O–H groups in total. The smallest absolute Gasteiger partial charge is 0.115 e. The molecule has 0 amide bonds. The Morgan fingerprint density at radius 2 is 2.14 bits per heavy atom. The quantitative estimate of drug-likeness (QED) is 0.850. The molecule has 0 unspecified atom stereocenters. The van der Waals surface area contributed by atoms with Gasteiger partial charge in [-0.05, 0) is 91.4 Å². The van der Waals surface area contributed by atoms with E-state index in [2.05, 4.69) is 13.0 Å². The van der Waals surface area contributed by atoms with Crippen LogP contribution in [0.2, 0.25) is 0 Å². The molecule has 0 bridgehead atoms. The summed E-state index contributed by atoms with van der Waals surface area (Å²) in [5.41, 5.74) is 3.27. The fourth-order valence-corrected chi connectivity index (χ4v) is 6.29. The van der Waals surface area contributed by atoms with E-state index in [0.29, 0.717) is 23.0 Å². The molecule has 22 heavy (non-hydrogen) atoms. The lowest BCUT2D eigenvalue weighted by Crippen LogP contribution is -2.41. The van der Waals surface area contributed by atoms with Crippen LogP contribution in [0, 0.1) is 17.3 Å². The molecule has 5 atom stereocenters. The Labute approximate surface area is 133 Å². The first-order chi connectivity index (χ1) is 10.6. The molecule has 0 radical (unpaired) electrons. The van der Waals surface area contributed by atoms with E-state index in [1.165, 1.54) is 43.2 Å². The molecule has 0 heterocycles. The lowest BCUT2D eigenvalue weighted by Gasteiger charge is -2.50. The third kappa shape index (κ3) is 2.11. The van der Waals surface area contributed by atoms with E-state index < -0.39 is 0 Å².